The lowest BCUT2D eigenvalue weighted by Crippen LogP contribution is -2.30. The third-order valence-corrected chi connectivity index (χ3v) is 4.78. The van der Waals surface area contributed by atoms with Crippen LogP contribution in [0.5, 0.6) is 0 Å². The molecule has 26 heavy (non-hydrogen) atoms. The summed E-state index contributed by atoms with van der Waals surface area (Å²) in [7, 11) is 0. The van der Waals surface area contributed by atoms with Crippen LogP contribution in [0.1, 0.15) is 27.0 Å². The molecule has 2 heterocycles. The minimum absolute atomic E-state index is 0.0619. The summed E-state index contributed by atoms with van der Waals surface area (Å²) < 4.78 is 0. The van der Waals surface area contributed by atoms with E-state index in [1.54, 1.807) is 12.4 Å². The molecule has 0 bridgehead atoms. The van der Waals surface area contributed by atoms with Gasteiger partial charge in [0.1, 0.15) is 0 Å². The number of pyridine rings is 1. The number of carbonyl (C=O) groups is 1. The Morgan fingerprint density at radius 3 is 2.77 bits per heavy atom. The van der Waals surface area contributed by atoms with Gasteiger partial charge in [0.05, 0.1) is 0 Å². The summed E-state index contributed by atoms with van der Waals surface area (Å²) in [4.78, 5) is 18.9. The second kappa shape index (κ2) is 7.40. The fourth-order valence-corrected chi connectivity index (χ4v) is 3.35. The van der Waals surface area contributed by atoms with Gasteiger partial charge in [-0.15, -0.1) is 0 Å². The van der Waals surface area contributed by atoms with Crippen LogP contribution in [0.2, 0.25) is 0 Å². The zero-order chi connectivity index (χ0) is 17.8. The van der Waals surface area contributed by atoms with Gasteiger partial charge in [0, 0.05) is 43.3 Å². The Balaban J connectivity index is 1.46. The Labute approximate surface area is 153 Å². The van der Waals surface area contributed by atoms with Gasteiger partial charge in [-0.05, 0) is 47.4 Å². The molecule has 1 aliphatic heterocycles. The summed E-state index contributed by atoms with van der Waals surface area (Å²) >= 11 is 0. The second-order valence-electron chi connectivity index (χ2n) is 6.53. The van der Waals surface area contributed by atoms with Crippen LogP contribution in [0.3, 0.4) is 0 Å². The fourth-order valence-electron chi connectivity index (χ4n) is 3.35. The van der Waals surface area contributed by atoms with Crippen LogP contribution in [0.4, 0.5) is 5.69 Å². The highest BCUT2D eigenvalue weighted by Gasteiger charge is 2.17. The predicted molar refractivity (Wildman–Crippen MR) is 103 cm³/mol. The molecule has 4 heteroatoms. The zero-order valence-corrected chi connectivity index (χ0v) is 14.6. The van der Waals surface area contributed by atoms with Gasteiger partial charge in [0.2, 0.25) is 0 Å². The van der Waals surface area contributed by atoms with Gasteiger partial charge in [-0.25, -0.2) is 0 Å². The molecule has 0 unspecified atom stereocenters. The molecule has 4 rings (SSSR count). The second-order valence-corrected chi connectivity index (χ2v) is 6.53. The molecule has 2 aromatic carbocycles. The summed E-state index contributed by atoms with van der Waals surface area (Å²) in [5, 5.41) is 2.96. The number of anilines is 1. The van der Waals surface area contributed by atoms with E-state index in [0.717, 1.165) is 30.8 Å². The maximum Gasteiger partial charge on any atom is 0.251 e. The van der Waals surface area contributed by atoms with Gasteiger partial charge < -0.3 is 10.2 Å². The van der Waals surface area contributed by atoms with E-state index in [1.165, 1.54) is 11.1 Å². The maximum absolute atomic E-state index is 12.5. The summed E-state index contributed by atoms with van der Waals surface area (Å²) in [5.74, 6) is -0.0619. The van der Waals surface area contributed by atoms with E-state index in [2.05, 4.69) is 45.5 Å². The Hall–Kier alpha value is -3.14. The van der Waals surface area contributed by atoms with Crippen molar-refractivity contribution in [3.05, 3.63) is 95.3 Å². The van der Waals surface area contributed by atoms with Crippen LogP contribution in [0.25, 0.3) is 0 Å². The highest BCUT2D eigenvalue weighted by molar-refractivity contribution is 5.95. The van der Waals surface area contributed by atoms with Crippen LogP contribution in [-0.2, 0) is 19.5 Å². The lowest BCUT2D eigenvalue weighted by atomic mass is 9.99. The van der Waals surface area contributed by atoms with Crippen molar-refractivity contribution in [3.63, 3.8) is 0 Å². The first-order valence-electron chi connectivity index (χ1n) is 8.88. The molecule has 0 radical (unpaired) electrons. The first kappa shape index (κ1) is 16.3. The Morgan fingerprint density at radius 1 is 1.04 bits per heavy atom. The predicted octanol–water partition coefficient (Wildman–Crippen LogP) is 3.57. The number of benzene rings is 2. The highest BCUT2D eigenvalue weighted by atomic mass is 16.1. The van der Waals surface area contributed by atoms with Crippen molar-refractivity contribution in [1.29, 1.82) is 0 Å². The standard InChI is InChI=1S/C22H21N3O/c26-22(24-15-17-5-4-11-23-14-17)19-8-3-9-21(13-19)25-12-10-18-6-1-2-7-20(18)16-25/h1-9,11,13-14H,10,12,15-16H2,(H,24,26). The van der Waals surface area contributed by atoms with Gasteiger partial charge in [-0.2, -0.15) is 0 Å². The van der Waals surface area contributed by atoms with E-state index < -0.39 is 0 Å². The van der Waals surface area contributed by atoms with E-state index in [0.29, 0.717) is 12.1 Å². The molecule has 0 saturated heterocycles. The van der Waals surface area contributed by atoms with Crippen molar-refractivity contribution in [2.45, 2.75) is 19.5 Å². The van der Waals surface area contributed by atoms with Gasteiger partial charge >= 0.3 is 0 Å². The van der Waals surface area contributed by atoms with Gasteiger partial charge in [-0.1, -0.05) is 36.4 Å². The Bertz CT molecular complexity index is 908. The van der Waals surface area contributed by atoms with Gasteiger partial charge in [0.15, 0.2) is 0 Å². The molecule has 0 fully saturated rings. The number of carbonyl (C=O) groups excluding carboxylic acids is 1. The number of hydrogen-bond donors (Lipinski definition) is 1. The lowest BCUT2D eigenvalue weighted by Gasteiger charge is -2.31. The quantitative estimate of drug-likeness (QED) is 0.788. The summed E-state index contributed by atoms with van der Waals surface area (Å²) in [6, 6.07) is 20.3. The van der Waals surface area contributed by atoms with Gasteiger partial charge in [0.25, 0.3) is 5.91 Å². The smallest absolute Gasteiger partial charge is 0.251 e. The van der Waals surface area contributed by atoms with Crippen molar-refractivity contribution < 1.29 is 4.79 Å². The number of nitrogens with zero attached hydrogens (tertiary/aromatic N) is 2. The summed E-state index contributed by atoms with van der Waals surface area (Å²) in [5.41, 5.74) is 5.56. The fraction of sp³-hybridized carbons (Fsp3) is 0.182. The van der Waals surface area contributed by atoms with E-state index >= 15 is 0 Å². The minimum atomic E-state index is -0.0619. The topological polar surface area (TPSA) is 45.2 Å². The van der Waals surface area contributed by atoms with Crippen molar-refractivity contribution in [2.24, 2.45) is 0 Å². The third-order valence-electron chi connectivity index (χ3n) is 4.78. The van der Waals surface area contributed by atoms with Crippen LogP contribution in [0, 0.1) is 0 Å². The average Bonchev–Trinajstić information content (AvgIpc) is 2.72. The molecule has 1 aromatic heterocycles. The molecule has 1 amide bonds. The first-order valence-corrected chi connectivity index (χ1v) is 8.88. The van der Waals surface area contributed by atoms with E-state index in [4.69, 9.17) is 0 Å². The summed E-state index contributed by atoms with van der Waals surface area (Å²) in [6.07, 6.45) is 4.53. The van der Waals surface area contributed by atoms with Crippen LogP contribution < -0.4 is 10.2 Å². The number of aromatic nitrogens is 1. The molecule has 4 nitrogen and oxygen atoms in total. The molecular formula is C22H21N3O. The normalized spacial score (nSPS) is 13.2. The van der Waals surface area contributed by atoms with Crippen molar-refractivity contribution in [2.75, 3.05) is 11.4 Å². The SMILES string of the molecule is O=C(NCc1cccnc1)c1cccc(N2CCc3ccccc3C2)c1. The minimum Gasteiger partial charge on any atom is -0.367 e. The Kier molecular flexibility index (Phi) is 4.65. The lowest BCUT2D eigenvalue weighted by molar-refractivity contribution is 0.0951. The number of nitrogens with one attached hydrogen (secondary N) is 1. The van der Waals surface area contributed by atoms with Crippen molar-refractivity contribution in [1.82, 2.24) is 10.3 Å². The number of rotatable bonds is 4. The molecule has 0 aliphatic carbocycles. The zero-order valence-electron chi connectivity index (χ0n) is 14.6. The monoisotopic (exact) mass is 343 g/mol. The average molecular weight is 343 g/mol. The first-order chi connectivity index (χ1) is 12.8. The molecule has 0 atom stereocenters. The molecule has 1 N–H and O–H groups in total. The molecule has 1 aliphatic rings. The van der Waals surface area contributed by atoms with Crippen LogP contribution in [0.15, 0.2) is 73.1 Å². The largest absolute Gasteiger partial charge is 0.367 e. The van der Waals surface area contributed by atoms with Crippen molar-refractivity contribution in [3.8, 4) is 0 Å². The molecule has 0 spiro atoms. The number of fused-ring (bicyclic) bond motifs is 1. The van der Waals surface area contributed by atoms with Crippen molar-refractivity contribution >= 4 is 11.6 Å². The number of hydrogen-bond acceptors (Lipinski definition) is 3. The van der Waals surface area contributed by atoms with E-state index in [-0.39, 0.29) is 5.91 Å². The molecule has 3 aromatic rings. The van der Waals surface area contributed by atoms with E-state index in [9.17, 15) is 4.79 Å². The molecular weight excluding hydrogens is 322 g/mol. The van der Waals surface area contributed by atoms with Crippen LogP contribution >= 0.6 is 0 Å². The molecule has 130 valence electrons. The molecule has 0 saturated carbocycles. The third kappa shape index (κ3) is 3.59. The van der Waals surface area contributed by atoms with Gasteiger partial charge in [-0.3, -0.25) is 9.78 Å². The highest BCUT2D eigenvalue weighted by Crippen LogP contribution is 2.25. The maximum atomic E-state index is 12.5. The Morgan fingerprint density at radius 2 is 1.92 bits per heavy atom. The summed E-state index contributed by atoms with van der Waals surface area (Å²) in [6.45, 7) is 2.34. The number of amides is 1. The van der Waals surface area contributed by atoms with Crippen LogP contribution in [-0.4, -0.2) is 17.4 Å². The van der Waals surface area contributed by atoms with E-state index in [1.807, 2.05) is 30.3 Å².